The molecule has 144 valence electrons. The van der Waals surface area contributed by atoms with E-state index < -0.39 is 0 Å². The van der Waals surface area contributed by atoms with Gasteiger partial charge in [-0.25, -0.2) is 0 Å². The van der Waals surface area contributed by atoms with Gasteiger partial charge in [-0.05, 0) is 40.2 Å². The summed E-state index contributed by atoms with van der Waals surface area (Å²) < 4.78 is 0. The van der Waals surface area contributed by atoms with E-state index in [1.165, 1.54) is 37.7 Å². The molecular formula is C23H41NO. The zero-order valence-electron chi connectivity index (χ0n) is 17.9. The summed E-state index contributed by atoms with van der Waals surface area (Å²) in [6, 6.07) is 0.441. The second-order valence-corrected chi connectivity index (χ2v) is 10.3. The Balaban J connectivity index is 3.12. The van der Waals surface area contributed by atoms with Crippen LogP contribution in [-0.4, -0.2) is 24.0 Å². The highest BCUT2D eigenvalue weighted by molar-refractivity contribution is 5.80. The molecule has 0 aliphatic heterocycles. The molecule has 0 aromatic heterocycles. The maximum atomic E-state index is 9.84. The van der Waals surface area contributed by atoms with E-state index in [1.807, 2.05) is 6.21 Å². The summed E-state index contributed by atoms with van der Waals surface area (Å²) in [4.78, 5) is 4.75. The fraction of sp³-hybridized carbons (Fsp3) is 0.783. The quantitative estimate of drug-likeness (QED) is 0.456. The van der Waals surface area contributed by atoms with Crippen LogP contribution in [0.25, 0.3) is 0 Å². The highest BCUT2D eigenvalue weighted by Crippen LogP contribution is 2.42. The summed E-state index contributed by atoms with van der Waals surface area (Å²) in [7, 11) is 0. The highest BCUT2D eigenvalue weighted by atomic mass is 16.3. The lowest BCUT2D eigenvalue weighted by Gasteiger charge is -2.38. The minimum absolute atomic E-state index is 0.0294. The lowest BCUT2D eigenvalue weighted by atomic mass is 9.67. The maximum Gasteiger partial charge on any atom is 0.0696 e. The van der Waals surface area contributed by atoms with Crippen LogP contribution in [0.4, 0.5) is 0 Å². The normalized spacial score (nSPS) is 19.7. The van der Waals surface area contributed by atoms with E-state index in [0.29, 0.717) is 6.04 Å². The summed E-state index contributed by atoms with van der Waals surface area (Å²) >= 11 is 0. The van der Waals surface area contributed by atoms with Gasteiger partial charge in [0.1, 0.15) is 0 Å². The summed E-state index contributed by atoms with van der Waals surface area (Å²) in [6.45, 7) is 18.2. The van der Waals surface area contributed by atoms with Crippen LogP contribution in [0, 0.1) is 16.2 Å². The molecule has 2 heteroatoms. The first-order chi connectivity index (χ1) is 11.4. The summed E-state index contributed by atoms with van der Waals surface area (Å²) in [5, 5.41) is 9.84. The van der Waals surface area contributed by atoms with Crippen molar-refractivity contribution in [1.82, 2.24) is 0 Å². The average molecular weight is 348 g/mol. The number of aliphatic imine (C=N–C) groups is 1. The van der Waals surface area contributed by atoms with Gasteiger partial charge in [0.15, 0.2) is 0 Å². The molecule has 2 nitrogen and oxygen atoms in total. The van der Waals surface area contributed by atoms with E-state index in [0.717, 1.165) is 5.57 Å². The van der Waals surface area contributed by atoms with E-state index in [-0.39, 0.29) is 22.9 Å². The zero-order chi connectivity index (χ0) is 19.3. The molecule has 0 saturated heterocycles. The predicted octanol–water partition coefficient (Wildman–Crippen LogP) is 6.35. The molecule has 1 aliphatic carbocycles. The van der Waals surface area contributed by atoms with Crippen molar-refractivity contribution in [3.63, 3.8) is 0 Å². The molecule has 0 aromatic rings. The predicted molar refractivity (Wildman–Crippen MR) is 111 cm³/mol. The van der Waals surface area contributed by atoms with Gasteiger partial charge in [-0.1, -0.05) is 86.8 Å². The Labute approximate surface area is 156 Å². The number of rotatable bonds is 5. The first-order valence-corrected chi connectivity index (χ1v) is 9.95. The monoisotopic (exact) mass is 347 g/mol. The lowest BCUT2D eigenvalue weighted by Crippen LogP contribution is -2.29. The van der Waals surface area contributed by atoms with Crippen LogP contribution < -0.4 is 0 Å². The molecule has 0 aromatic carbocycles. The summed E-state index contributed by atoms with van der Waals surface area (Å²) in [6.07, 6.45) is 12.7. The Morgan fingerprint density at radius 1 is 0.960 bits per heavy atom. The van der Waals surface area contributed by atoms with Crippen molar-refractivity contribution in [3.05, 3.63) is 23.3 Å². The second-order valence-electron chi connectivity index (χ2n) is 10.3. The number of aliphatic hydroxyl groups excluding tert-OH is 1. The Hall–Kier alpha value is -0.890. The number of allylic oxidation sites excluding steroid dienone is 3. The van der Waals surface area contributed by atoms with E-state index >= 15 is 0 Å². The van der Waals surface area contributed by atoms with Gasteiger partial charge in [0.25, 0.3) is 0 Å². The third kappa shape index (κ3) is 7.09. The van der Waals surface area contributed by atoms with Crippen LogP contribution in [0.1, 0.15) is 87.5 Å². The minimum Gasteiger partial charge on any atom is -0.392 e. The Bertz CT molecular complexity index is 503. The molecule has 0 amide bonds. The molecule has 1 saturated carbocycles. The first kappa shape index (κ1) is 22.2. The van der Waals surface area contributed by atoms with Crippen molar-refractivity contribution in [2.75, 3.05) is 6.61 Å². The van der Waals surface area contributed by atoms with Crippen LogP contribution in [0.3, 0.4) is 0 Å². The van der Waals surface area contributed by atoms with Crippen LogP contribution in [-0.2, 0) is 0 Å². The molecule has 0 heterocycles. The Kier molecular flexibility index (Phi) is 7.68. The molecule has 0 spiro atoms. The van der Waals surface area contributed by atoms with Crippen LogP contribution in [0.15, 0.2) is 28.3 Å². The van der Waals surface area contributed by atoms with Gasteiger partial charge in [0, 0.05) is 12.3 Å². The highest BCUT2D eigenvalue weighted by Gasteiger charge is 2.32. The molecule has 1 aliphatic rings. The molecule has 1 rings (SSSR count). The van der Waals surface area contributed by atoms with Gasteiger partial charge in [-0.2, -0.15) is 0 Å². The lowest BCUT2D eigenvalue weighted by molar-refractivity contribution is 0.190. The zero-order valence-corrected chi connectivity index (χ0v) is 17.9. The molecule has 1 fully saturated rings. The molecule has 25 heavy (non-hydrogen) atoms. The minimum atomic E-state index is 0.0294. The van der Waals surface area contributed by atoms with Gasteiger partial charge in [-0.3, -0.25) is 4.99 Å². The first-order valence-electron chi connectivity index (χ1n) is 9.95. The third-order valence-electron chi connectivity index (χ3n) is 5.86. The largest absolute Gasteiger partial charge is 0.392 e. The van der Waals surface area contributed by atoms with Crippen molar-refractivity contribution in [2.45, 2.75) is 93.5 Å². The fourth-order valence-electron chi connectivity index (χ4n) is 2.83. The average Bonchev–Trinajstić information content (AvgIpc) is 2.49. The Morgan fingerprint density at radius 2 is 1.52 bits per heavy atom. The van der Waals surface area contributed by atoms with E-state index in [2.05, 4.69) is 67.5 Å². The van der Waals surface area contributed by atoms with E-state index in [4.69, 9.17) is 4.99 Å². The van der Waals surface area contributed by atoms with Crippen LogP contribution in [0.5, 0.6) is 0 Å². The van der Waals surface area contributed by atoms with E-state index in [1.54, 1.807) is 0 Å². The number of hydrogen-bond acceptors (Lipinski definition) is 2. The standard InChI is InChI=1S/C23H41NO/c1-21(2,3)19(15-23(7,8)22(4,5)6)14-18(17-25)16-24-20-12-10-9-11-13-20/h14-16,20,25H,9-13,17H2,1-8H3/b18-14-,19-15+,24-16?. The van der Waals surface area contributed by atoms with Gasteiger partial charge in [0.2, 0.25) is 0 Å². The molecular weight excluding hydrogens is 306 g/mol. The maximum absolute atomic E-state index is 9.84. The third-order valence-corrected chi connectivity index (χ3v) is 5.86. The van der Waals surface area contributed by atoms with Crippen molar-refractivity contribution in [1.29, 1.82) is 0 Å². The van der Waals surface area contributed by atoms with Gasteiger partial charge >= 0.3 is 0 Å². The van der Waals surface area contributed by atoms with Gasteiger partial charge < -0.3 is 5.11 Å². The number of nitrogens with zero attached hydrogens (tertiary/aromatic N) is 1. The van der Waals surface area contributed by atoms with Crippen molar-refractivity contribution in [3.8, 4) is 0 Å². The smallest absolute Gasteiger partial charge is 0.0696 e. The topological polar surface area (TPSA) is 32.6 Å². The second kappa shape index (κ2) is 8.66. The molecule has 1 N–H and O–H groups in total. The fourth-order valence-corrected chi connectivity index (χ4v) is 2.83. The van der Waals surface area contributed by atoms with Crippen LogP contribution >= 0.6 is 0 Å². The van der Waals surface area contributed by atoms with Gasteiger partial charge in [-0.15, -0.1) is 0 Å². The summed E-state index contributed by atoms with van der Waals surface area (Å²) in [5.41, 5.74) is 2.45. The van der Waals surface area contributed by atoms with Crippen molar-refractivity contribution < 1.29 is 5.11 Å². The number of aliphatic hydroxyl groups is 1. The molecule has 0 unspecified atom stereocenters. The van der Waals surface area contributed by atoms with Crippen molar-refractivity contribution >= 4 is 6.21 Å². The van der Waals surface area contributed by atoms with Gasteiger partial charge in [0.05, 0.1) is 6.61 Å². The summed E-state index contributed by atoms with van der Waals surface area (Å²) in [5.74, 6) is 0. The van der Waals surface area contributed by atoms with Crippen LogP contribution in [0.2, 0.25) is 0 Å². The molecule has 0 atom stereocenters. The molecule has 0 radical (unpaired) electrons. The molecule has 0 bridgehead atoms. The van der Waals surface area contributed by atoms with Crippen molar-refractivity contribution in [2.24, 2.45) is 21.2 Å². The number of hydrogen-bond donors (Lipinski definition) is 1. The SMILES string of the molecule is CC(C)(C)C(/C=C(/C=NC1CCCCC1)CO)=C/C(C)(C)C(C)(C)C. The Morgan fingerprint density at radius 3 is 1.96 bits per heavy atom. The van der Waals surface area contributed by atoms with E-state index in [9.17, 15) is 5.11 Å².